The first-order valence-corrected chi connectivity index (χ1v) is 5.94. The highest BCUT2D eigenvalue weighted by Gasteiger charge is 2.21. The Balaban J connectivity index is 2.26. The summed E-state index contributed by atoms with van der Waals surface area (Å²) in [5.41, 5.74) is 0.581. The summed E-state index contributed by atoms with van der Waals surface area (Å²) in [7, 11) is 1.83. The third kappa shape index (κ3) is 2.53. The van der Waals surface area contributed by atoms with E-state index in [0.29, 0.717) is 16.4 Å². The van der Waals surface area contributed by atoms with Gasteiger partial charge in [-0.1, -0.05) is 11.6 Å². The minimum absolute atomic E-state index is 0.0840. The molecule has 0 saturated heterocycles. The van der Waals surface area contributed by atoms with E-state index in [1.54, 1.807) is 41.2 Å². The average molecular weight is 267 g/mol. The summed E-state index contributed by atoms with van der Waals surface area (Å²) in [4.78, 5) is 16.3. The van der Waals surface area contributed by atoms with Crippen LogP contribution in [0.4, 0.5) is 0 Å². The van der Waals surface area contributed by atoms with E-state index >= 15 is 0 Å². The Labute approximate surface area is 110 Å². The summed E-state index contributed by atoms with van der Waals surface area (Å²) >= 11 is 10.1. The number of hydrogen-bond donors (Lipinski definition) is 1. The van der Waals surface area contributed by atoms with Crippen molar-refractivity contribution < 1.29 is 4.79 Å². The number of carbonyl (C=O) groups is 1. The van der Waals surface area contributed by atoms with Gasteiger partial charge in [-0.2, -0.15) is 12.6 Å². The minimum Gasteiger partial charge on any atom is -0.337 e. The summed E-state index contributed by atoms with van der Waals surface area (Å²) in [6, 6.07) is 6.76. The van der Waals surface area contributed by atoms with Crippen LogP contribution in [0.2, 0.25) is 5.02 Å². The van der Waals surface area contributed by atoms with Crippen molar-refractivity contribution in [2.75, 3.05) is 0 Å². The van der Waals surface area contributed by atoms with Crippen molar-refractivity contribution in [1.29, 1.82) is 0 Å². The lowest BCUT2D eigenvalue weighted by atomic mass is 10.1. The van der Waals surface area contributed by atoms with Crippen molar-refractivity contribution in [2.45, 2.75) is 5.25 Å². The molecule has 1 heterocycles. The molecule has 17 heavy (non-hydrogen) atoms. The maximum absolute atomic E-state index is 12.1. The highest BCUT2D eigenvalue weighted by Crippen LogP contribution is 2.23. The van der Waals surface area contributed by atoms with Gasteiger partial charge in [-0.3, -0.25) is 4.79 Å². The topological polar surface area (TPSA) is 34.9 Å². The van der Waals surface area contributed by atoms with Crippen LogP contribution < -0.4 is 0 Å². The largest absolute Gasteiger partial charge is 0.337 e. The van der Waals surface area contributed by atoms with Crippen LogP contribution in [-0.2, 0) is 7.05 Å². The molecule has 0 fully saturated rings. The van der Waals surface area contributed by atoms with Crippen molar-refractivity contribution in [3.63, 3.8) is 0 Å². The smallest absolute Gasteiger partial charge is 0.183 e. The van der Waals surface area contributed by atoms with Gasteiger partial charge in [-0.05, 0) is 24.3 Å². The molecule has 88 valence electrons. The predicted octanol–water partition coefficient (Wildman–Crippen LogP) is 2.93. The monoisotopic (exact) mass is 266 g/mol. The minimum atomic E-state index is -0.559. The number of halogens is 1. The molecular formula is C12H11ClN2OS. The van der Waals surface area contributed by atoms with E-state index in [-0.39, 0.29) is 5.78 Å². The quantitative estimate of drug-likeness (QED) is 0.685. The molecule has 0 amide bonds. The Bertz CT molecular complexity index is 536. The highest BCUT2D eigenvalue weighted by molar-refractivity contribution is 7.81. The second kappa shape index (κ2) is 4.94. The van der Waals surface area contributed by atoms with E-state index in [4.69, 9.17) is 11.6 Å². The molecule has 1 atom stereocenters. The molecule has 1 aromatic carbocycles. The Morgan fingerprint density at radius 3 is 2.59 bits per heavy atom. The van der Waals surface area contributed by atoms with Crippen molar-refractivity contribution in [2.24, 2.45) is 7.05 Å². The fourth-order valence-corrected chi connectivity index (χ4v) is 2.05. The number of aromatic nitrogens is 2. The van der Waals surface area contributed by atoms with Gasteiger partial charge in [0, 0.05) is 30.0 Å². The molecule has 1 unspecified atom stereocenters. The average Bonchev–Trinajstić information content (AvgIpc) is 2.74. The van der Waals surface area contributed by atoms with Crippen LogP contribution in [0.1, 0.15) is 21.4 Å². The Kier molecular flexibility index (Phi) is 3.54. The van der Waals surface area contributed by atoms with Crippen LogP contribution >= 0.6 is 24.2 Å². The third-order valence-electron chi connectivity index (χ3n) is 2.48. The van der Waals surface area contributed by atoms with Gasteiger partial charge in [0.05, 0.1) is 0 Å². The van der Waals surface area contributed by atoms with Crippen LogP contribution in [0, 0.1) is 0 Å². The van der Waals surface area contributed by atoms with Gasteiger partial charge < -0.3 is 4.57 Å². The maximum atomic E-state index is 12.1. The van der Waals surface area contributed by atoms with Gasteiger partial charge in [0.25, 0.3) is 0 Å². The molecule has 5 heteroatoms. The zero-order valence-electron chi connectivity index (χ0n) is 9.17. The zero-order chi connectivity index (χ0) is 12.4. The van der Waals surface area contributed by atoms with Crippen molar-refractivity contribution in [3.05, 3.63) is 53.1 Å². The zero-order valence-corrected chi connectivity index (χ0v) is 10.8. The van der Waals surface area contributed by atoms with Crippen LogP contribution in [0.3, 0.4) is 0 Å². The number of Topliss-reactive ketones (excluding diaryl/α,β-unsaturated/α-hetero) is 1. The Hall–Kier alpha value is -1.26. The molecule has 0 N–H and O–H groups in total. The van der Waals surface area contributed by atoms with E-state index in [0.717, 1.165) is 0 Å². The normalized spacial score (nSPS) is 12.4. The van der Waals surface area contributed by atoms with Crippen molar-refractivity contribution >= 4 is 30.0 Å². The van der Waals surface area contributed by atoms with E-state index in [1.165, 1.54) is 0 Å². The van der Waals surface area contributed by atoms with Gasteiger partial charge in [0.2, 0.25) is 0 Å². The molecule has 0 bridgehead atoms. The van der Waals surface area contributed by atoms with Gasteiger partial charge in [-0.25, -0.2) is 4.98 Å². The van der Waals surface area contributed by atoms with Crippen LogP contribution in [0.25, 0.3) is 0 Å². The molecule has 0 saturated carbocycles. The molecule has 0 aliphatic carbocycles. The lowest BCUT2D eigenvalue weighted by Crippen LogP contribution is -2.12. The summed E-state index contributed by atoms with van der Waals surface area (Å²) in [5, 5.41) is 0.0467. The second-order valence-corrected chi connectivity index (χ2v) is 4.62. The number of carbonyl (C=O) groups excluding carboxylic acids is 1. The van der Waals surface area contributed by atoms with Gasteiger partial charge in [0.15, 0.2) is 5.78 Å². The number of thiol groups is 1. The fraction of sp³-hybridized carbons (Fsp3) is 0.167. The predicted molar refractivity (Wildman–Crippen MR) is 70.7 cm³/mol. The van der Waals surface area contributed by atoms with Gasteiger partial charge >= 0.3 is 0 Å². The first-order valence-electron chi connectivity index (χ1n) is 5.04. The third-order valence-corrected chi connectivity index (χ3v) is 3.20. The van der Waals surface area contributed by atoms with E-state index < -0.39 is 5.25 Å². The second-order valence-electron chi connectivity index (χ2n) is 3.67. The fourth-order valence-electron chi connectivity index (χ4n) is 1.53. The lowest BCUT2D eigenvalue weighted by molar-refractivity contribution is 0.0987. The molecule has 2 rings (SSSR count). The number of rotatable bonds is 3. The number of aryl methyl sites for hydroxylation is 1. The number of hydrogen-bond acceptors (Lipinski definition) is 3. The SMILES string of the molecule is Cn1ccnc1C(S)C(=O)c1ccc(Cl)cc1. The Morgan fingerprint density at radius 2 is 2.06 bits per heavy atom. The summed E-state index contributed by atoms with van der Waals surface area (Å²) in [6.07, 6.45) is 3.43. The Morgan fingerprint density at radius 1 is 1.41 bits per heavy atom. The molecule has 0 aliphatic rings. The molecule has 0 spiro atoms. The number of imidazole rings is 1. The summed E-state index contributed by atoms with van der Waals surface area (Å²) < 4.78 is 1.78. The van der Waals surface area contributed by atoms with Gasteiger partial charge in [0.1, 0.15) is 11.1 Å². The molecular weight excluding hydrogens is 256 g/mol. The summed E-state index contributed by atoms with van der Waals surface area (Å²) in [6.45, 7) is 0. The highest BCUT2D eigenvalue weighted by atomic mass is 35.5. The maximum Gasteiger partial charge on any atom is 0.183 e. The standard InChI is InChI=1S/C12H11ClN2OS/c1-15-7-6-14-12(15)11(17)10(16)8-2-4-9(13)5-3-8/h2-7,11,17H,1H3. The van der Waals surface area contributed by atoms with Crippen LogP contribution in [0.5, 0.6) is 0 Å². The van der Waals surface area contributed by atoms with E-state index in [2.05, 4.69) is 17.6 Å². The molecule has 3 nitrogen and oxygen atoms in total. The van der Waals surface area contributed by atoms with E-state index in [1.807, 2.05) is 7.05 Å². The number of nitrogens with zero attached hydrogens (tertiary/aromatic N) is 2. The lowest BCUT2D eigenvalue weighted by Gasteiger charge is -2.09. The molecule has 0 aliphatic heterocycles. The first kappa shape index (κ1) is 12.2. The van der Waals surface area contributed by atoms with Crippen molar-refractivity contribution in [3.8, 4) is 0 Å². The van der Waals surface area contributed by atoms with Gasteiger partial charge in [-0.15, -0.1) is 0 Å². The van der Waals surface area contributed by atoms with Crippen molar-refractivity contribution in [1.82, 2.24) is 9.55 Å². The summed E-state index contributed by atoms with van der Waals surface area (Å²) in [5.74, 6) is 0.549. The molecule has 2 aromatic rings. The van der Waals surface area contributed by atoms with Crippen LogP contribution in [-0.4, -0.2) is 15.3 Å². The number of benzene rings is 1. The van der Waals surface area contributed by atoms with E-state index in [9.17, 15) is 4.79 Å². The molecule has 0 radical (unpaired) electrons. The molecule has 1 aromatic heterocycles. The van der Waals surface area contributed by atoms with Crippen LogP contribution in [0.15, 0.2) is 36.7 Å². The number of ketones is 1. The first-order chi connectivity index (χ1) is 8.09.